The molecule has 1 aliphatic rings. The molecule has 0 unspecified atom stereocenters. The van der Waals surface area contributed by atoms with Gasteiger partial charge in [-0.3, -0.25) is 4.90 Å². The standard InChI is InChI=1S/C27H26ClN3/c1-20-18-27(29-26-5-3-2-4-25(20)26)31-16-14-30(15-17-31)19-21-6-8-22(9-7-21)23-10-12-24(28)13-11-23/h2-13,18H,14-17,19H2,1H3. The lowest BCUT2D eigenvalue weighted by Crippen LogP contribution is -2.46. The van der Waals surface area contributed by atoms with Gasteiger partial charge < -0.3 is 4.90 Å². The highest BCUT2D eigenvalue weighted by Crippen LogP contribution is 2.25. The van der Waals surface area contributed by atoms with Gasteiger partial charge in [0, 0.05) is 43.1 Å². The van der Waals surface area contributed by atoms with Crippen LogP contribution >= 0.6 is 11.6 Å². The van der Waals surface area contributed by atoms with Crippen LogP contribution in [0.25, 0.3) is 22.0 Å². The second kappa shape index (κ2) is 8.70. The highest BCUT2D eigenvalue weighted by molar-refractivity contribution is 6.30. The molecule has 0 atom stereocenters. The third-order valence-corrected chi connectivity index (χ3v) is 6.40. The summed E-state index contributed by atoms with van der Waals surface area (Å²) in [6.45, 7) is 7.27. The number of fused-ring (bicyclic) bond motifs is 1. The normalized spacial score (nSPS) is 14.8. The molecule has 0 bridgehead atoms. The number of halogens is 1. The van der Waals surface area contributed by atoms with E-state index in [1.807, 2.05) is 12.1 Å². The fourth-order valence-electron chi connectivity index (χ4n) is 4.33. The van der Waals surface area contributed by atoms with Gasteiger partial charge in [-0.2, -0.15) is 0 Å². The summed E-state index contributed by atoms with van der Waals surface area (Å²) in [6, 6.07) is 27.5. The first-order valence-corrected chi connectivity index (χ1v) is 11.2. The lowest BCUT2D eigenvalue weighted by molar-refractivity contribution is 0.249. The minimum absolute atomic E-state index is 0.772. The van der Waals surface area contributed by atoms with Crippen LogP contribution in [0.4, 0.5) is 5.82 Å². The number of aromatic nitrogens is 1. The molecule has 3 aromatic carbocycles. The molecule has 2 heterocycles. The number of benzene rings is 3. The van der Waals surface area contributed by atoms with E-state index in [-0.39, 0.29) is 0 Å². The average Bonchev–Trinajstić information content (AvgIpc) is 2.81. The van der Waals surface area contributed by atoms with Crippen molar-refractivity contribution < 1.29 is 0 Å². The molecule has 0 N–H and O–H groups in total. The van der Waals surface area contributed by atoms with Crippen molar-refractivity contribution in [2.75, 3.05) is 31.1 Å². The van der Waals surface area contributed by atoms with Crippen molar-refractivity contribution in [1.82, 2.24) is 9.88 Å². The van der Waals surface area contributed by atoms with Crippen LogP contribution in [0.5, 0.6) is 0 Å². The van der Waals surface area contributed by atoms with Crippen LogP contribution in [-0.4, -0.2) is 36.1 Å². The van der Waals surface area contributed by atoms with Crippen LogP contribution in [0.15, 0.2) is 78.9 Å². The molecule has 1 aliphatic heterocycles. The summed E-state index contributed by atoms with van der Waals surface area (Å²) >= 11 is 6.00. The van der Waals surface area contributed by atoms with Crippen molar-refractivity contribution in [3.8, 4) is 11.1 Å². The van der Waals surface area contributed by atoms with Gasteiger partial charge in [-0.15, -0.1) is 0 Å². The number of piperazine rings is 1. The highest BCUT2D eigenvalue weighted by Gasteiger charge is 2.19. The molecule has 0 spiro atoms. The van der Waals surface area contributed by atoms with Crippen molar-refractivity contribution in [3.63, 3.8) is 0 Å². The number of hydrogen-bond donors (Lipinski definition) is 0. The lowest BCUT2D eigenvalue weighted by atomic mass is 10.0. The number of aryl methyl sites for hydroxylation is 1. The van der Waals surface area contributed by atoms with Crippen LogP contribution in [-0.2, 0) is 6.54 Å². The number of rotatable bonds is 4. The van der Waals surface area contributed by atoms with Crippen LogP contribution in [0.2, 0.25) is 5.02 Å². The van der Waals surface area contributed by atoms with Gasteiger partial charge in [0.15, 0.2) is 0 Å². The summed E-state index contributed by atoms with van der Waals surface area (Å²) in [5.41, 5.74) is 6.15. The molecular weight excluding hydrogens is 402 g/mol. The maximum Gasteiger partial charge on any atom is 0.129 e. The summed E-state index contributed by atoms with van der Waals surface area (Å²) in [4.78, 5) is 9.86. The van der Waals surface area contributed by atoms with E-state index in [0.717, 1.165) is 49.1 Å². The predicted octanol–water partition coefficient (Wildman–Crippen LogP) is 6.19. The Balaban J connectivity index is 1.21. The molecule has 0 amide bonds. The molecular formula is C27H26ClN3. The first kappa shape index (κ1) is 20.0. The van der Waals surface area contributed by atoms with E-state index in [1.54, 1.807) is 0 Å². The van der Waals surface area contributed by atoms with Crippen LogP contribution < -0.4 is 4.90 Å². The lowest BCUT2D eigenvalue weighted by Gasteiger charge is -2.35. The van der Waals surface area contributed by atoms with Gasteiger partial charge in [0.25, 0.3) is 0 Å². The molecule has 1 aromatic heterocycles. The van der Waals surface area contributed by atoms with Gasteiger partial charge in [-0.1, -0.05) is 66.2 Å². The first-order chi connectivity index (χ1) is 15.2. The second-order valence-electron chi connectivity index (χ2n) is 8.28. The third kappa shape index (κ3) is 4.43. The Morgan fingerprint density at radius 1 is 0.806 bits per heavy atom. The Bertz CT molecular complexity index is 1180. The van der Waals surface area contributed by atoms with E-state index in [0.29, 0.717) is 0 Å². The topological polar surface area (TPSA) is 19.4 Å². The van der Waals surface area contributed by atoms with E-state index in [9.17, 15) is 0 Å². The summed E-state index contributed by atoms with van der Waals surface area (Å²) in [5, 5.41) is 2.01. The van der Waals surface area contributed by atoms with Gasteiger partial charge >= 0.3 is 0 Å². The van der Waals surface area contributed by atoms with E-state index >= 15 is 0 Å². The molecule has 0 saturated carbocycles. The van der Waals surface area contributed by atoms with Crippen LogP contribution in [0.3, 0.4) is 0 Å². The Labute approximate surface area is 188 Å². The SMILES string of the molecule is Cc1cc(N2CCN(Cc3ccc(-c4ccc(Cl)cc4)cc3)CC2)nc2ccccc12. The Hall–Kier alpha value is -2.88. The summed E-state index contributed by atoms with van der Waals surface area (Å²) in [6.07, 6.45) is 0. The van der Waals surface area contributed by atoms with Crippen molar-refractivity contribution >= 4 is 28.3 Å². The number of para-hydroxylation sites is 1. The summed E-state index contributed by atoms with van der Waals surface area (Å²) in [5.74, 6) is 1.10. The number of pyridine rings is 1. The van der Waals surface area contributed by atoms with Gasteiger partial charge in [0.05, 0.1) is 5.52 Å². The highest BCUT2D eigenvalue weighted by atomic mass is 35.5. The van der Waals surface area contributed by atoms with Crippen LogP contribution in [0.1, 0.15) is 11.1 Å². The summed E-state index contributed by atoms with van der Waals surface area (Å²) < 4.78 is 0. The minimum atomic E-state index is 0.772. The van der Waals surface area contributed by atoms with Crippen molar-refractivity contribution in [2.24, 2.45) is 0 Å². The maximum atomic E-state index is 6.00. The fourth-order valence-corrected chi connectivity index (χ4v) is 4.46. The van der Waals surface area contributed by atoms with Gasteiger partial charge in [0.2, 0.25) is 0 Å². The summed E-state index contributed by atoms with van der Waals surface area (Å²) in [7, 11) is 0. The molecule has 4 heteroatoms. The number of anilines is 1. The van der Waals surface area contributed by atoms with Crippen LogP contribution in [0, 0.1) is 6.92 Å². The predicted molar refractivity (Wildman–Crippen MR) is 131 cm³/mol. The first-order valence-electron chi connectivity index (χ1n) is 10.8. The Kier molecular flexibility index (Phi) is 5.63. The monoisotopic (exact) mass is 427 g/mol. The largest absolute Gasteiger partial charge is 0.354 e. The third-order valence-electron chi connectivity index (χ3n) is 6.14. The molecule has 31 heavy (non-hydrogen) atoms. The molecule has 5 rings (SSSR count). The average molecular weight is 428 g/mol. The Morgan fingerprint density at radius 3 is 2.16 bits per heavy atom. The fraction of sp³-hybridized carbons (Fsp3) is 0.222. The quantitative estimate of drug-likeness (QED) is 0.387. The smallest absolute Gasteiger partial charge is 0.129 e. The molecule has 1 fully saturated rings. The molecule has 0 radical (unpaired) electrons. The van der Waals surface area contributed by atoms with Crippen molar-refractivity contribution in [3.05, 3.63) is 95.0 Å². The zero-order chi connectivity index (χ0) is 21.2. The van der Waals surface area contributed by atoms with E-state index in [4.69, 9.17) is 16.6 Å². The number of hydrogen-bond acceptors (Lipinski definition) is 3. The Morgan fingerprint density at radius 2 is 1.45 bits per heavy atom. The molecule has 1 saturated heterocycles. The molecule has 3 nitrogen and oxygen atoms in total. The minimum Gasteiger partial charge on any atom is -0.354 e. The van der Waals surface area contributed by atoms with Gasteiger partial charge in [-0.25, -0.2) is 4.98 Å². The van der Waals surface area contributed by atoms with E-state index < -0.39 is 0 Å². The van der Waals surface area contributed by atoms with Crippen molar-refractivity contribution in [2.45, 2.75) is 13.5 Å². The van der Waals surface area contributed by atoms with E-state index in [1.165, 1.54) is 27.6 Å². The molecule has 156 valence electrons. The van der Waals surface area contributed by atoms with Gasteiger partial charge in [0.1, 0.15) is 5.82 Å². The zero-order valence-corrected chi connectivity index (χ0v) is 18.5. The van der Waals surface area contributed by atoms with Crippen molar-refractivity contribution in [1.29, 1.82) is 0 Å². The van der Waals surface area contributed by atoms with Gasteiger partial charge in [-0.05, 0) is 53.4 Å². The van der Waals surface area contributed by atoms with E-state index in [2.05, 4.69) is 83.5 Å². The second-order valence-corrected chi connectivity index (χ2v) is 8.72. The molecule has 0 aliphatic carbocycles. The maximum absolute atomic E-state index is 6.00. The zero-order valence-electron chi connectivity index (χ0n) is 17.8. The number of nitrogens with zero attached hydrogens (tertiary/aromatic N) is 3. The molecule has 4 aromatic rings.